The number of amides is 2. The molecule has 8 rings (SSSR count). The number of carbonyl (C=O) groups excluding carboxylic acids is 2. The van der Waals surface area contributed by atoms with E-state index in [1.807, 2.05) is 36.5 Å². The first-order valence-corrected chi connectivity index (χ1v) is 16.9. The van der Waals surface area contributed by atoms with E-state index in [9.17, 15) is 18.4 Å². The Balaban J connectivity index is 0.947. The van der Waals surface area contributed by atoms with Crippen LogP contribution in [0.2, 0.25) is 0 Å². The van der Waals surface area contributed by atoms with Crippen molar-refractivity contribution < 1.29 is 22.8 Å². The lowest BCUT2D eigenvalue weighted by Crippen LogP contribution is -2.46. The summed E-state index contributed by atoms with van der Waals surface area (Å²) in [7, 11) is 0. The monoisotopic (exact) mass is 680 g/mol. The van der Waals surface area contributed by atoms with Crippen molar-refractivity contribution in [2.45, 2.75) is 44.2 Å². The molecule has 2 atom stereocenters. The first-order valence-electron chi connectivity index (χ1n) is 16.9. The van der Waals surface area contributed by atoms with Crippen molar-refractivity contribution in [1.29, 1.82) is 0 Å². The number of benzene rings is 2. The fourth-order valence-corrected chi connectivity index (χ4v) is 7.42. The predicted molar refractivity (Wildman–Crippen MR) is 181 cm³/mol. The molecule has 0 radical (unpaired) electrons. The van der Waals surface area contributed by atoms with Crippen LogP contribution in [-0.4, -0.2) is 69.0 Å². The fourth-order valence-electron chi connectivity index (χ4n) is 7.42. The minimum atomic E-state index is -0.650. The number of carbonyl (C=O) groups is 2. The summed E-state index contributed by atoms with van der Waals surface area (Å²) in [5.41, 5.74) is 3.77. The average molecular weight is 681 g/mol. The standard InChI is InChI=1S/C37H35F3N8O2/c38-24-7-9-27(30(40)20-24)32-4-2-13-47(32)34-12-14-48-36(43-34)28(21-41-48)31-3-1-5-33(42-31)46-17-15-45(16-18-46)22-23-6-8-25(29(39)19-23)26-10-11-35(49)44-37(26)50/h1,3,5-9,12,14,19-21,26,32H,2,4,10-11,13,15-18,22H2,(H,44,49,50)/t26?,32-/m1/s1. The maximum absolute atomic E-state index is 15.1. The number of nitrogens with one attached hydrogen (secondary N) is 1. The molecule has 3 aliphatic rings. The second-order valence-corrected chi connectivity index (χ2v) is 13.1. The minimum Gasteiger partial charge on any atom is -0.354 e. The largest absolute Gasteiger partial charge is 0.354 e. The lowest BCUT2D eigenvalue weighted by Gasteiger charge is -2.35. The summed E-state index contributed by atoms with van der Waals surface area (Å²) in [6.07, 6.45) is 5.72. The van der Waals surface area contributed by atoms with Crippen LogP contribution in [0.1, 0.15) is 54.3 Å². The molecule has 10 nitrogen and oxygen atoms in total. The Morgan fingerprint density at radius 3 is 2.44 bits per heavy atom. The van der Waals surface area contributed by atoms with Gasteiger partial charge in [-0.25, -0.2) is 27.7 Å². The molecule has 3 saturated heterocycles. The van der Waals surface area contributed by atoms with Crippen molar-refractivity contribution in [3.8, 4) is 11.3 Å². The van der Waals surface area contributed by atoms with Crippen molar-refractivity contribution >= 4 is 29.1 Å². The van der Waals surface area contributed by atoms with E-state index in [2.05, 4.69) is 25.1 Å². The molecular weight excluding hydrogens is 645 g/mol. The van der Waals surface area contributed by atoms with Crippen LogP contribution in [0.15, 0.2) is 73.1 Å². The maximum Gasteiger partial charge on any atom is 0.234 e. The van der Waals surface area contributed by atoms with Gasteiger partial charge in [0.2, 0.25) is 11.8 Å². The van der Waals surface area contributed by atoms with E-state index in [1.165, 1.54) is 18.2 Å². The second kappa shape index (κ2) is 13.2. The summed E-state index contributed by atoms with van der Waals surface area (Å²) in [5, 5.41) is 6.82. The normalized spacial score (nSPS) is 20.1. The number of piperidine rings is 1. The SMILES string of the molecule is O=C1CCC(c2ccc(CN3CCN(c4cccc(-c5cnn6ccc(N7CCC[C@@H]7c7ccc(F)cc7F)nc56)n4)CC3)cc2F)C(=O)N1. The van der Waals surface area contributed by atoms with Crippen LogP contribution < -0.4 is 15.1 Å². The molecule has 3 fully saturated rings. The van der Waals surface area contributed by atoms with Gasteiger partial charge in [0.15, 0.2) is 5.65 Å². The van der Waals surface area contributed by atoms with Crippen LogP contribution in [0.4, 0.5) is 24.8 Å². The second-order valence-electron chi connectivity index (χ2n) is 13.1. The molecule has 256 valence electrons. The number of pyridine rings is 1. The lowest BCUT2D eigenvalue weighted by atomic mass is 9.89. The molecule has 50 heavy (non-hydrogen) atoms. The molecule has 2 amide bonds. The molecule has 13 heteroatoms. The van der Waals surface area contributed by atoms with Crippen molar-refractivity contribution in [3.63, 3.8) is 0 Å². The van der Waals surface area contributed by atoms with Gasteiger partial charge in [-0.1, -0.05) is 24.3 Å². The Labute approximate surface area is 286 Å². The summed E-state index contributed by atoms with van der Waals surface area (Å²) >= 11 is 0. The van der Waals surface area contributed by atoms with Crippen LogP contribution in [0.5, 0.6) is 0 Å². The fraction of sp³-hybridized carbons (Fsp3) is 0.324. The van der Waals surface area contributed by atoms with Gasteiger partial charge < -0.3 is 9.80 Å². The average Bonchev–Trinajstić information content (AvgIpc) is 3.77. The minimum absolute atomic E-state index is 0.207. The Morgan fingerprint density at radius 2 is 1.64 bits per heavy atom. The molecule has 5 aromatic rings. The summed E-state index contributed by atoms with van der Waals surface area (Å²) in [6.45, 7) is 4.28. The number of anilines is 2. The third-order valence-electron chi connectivity index (χ3n) is 10.0. The van der Waals surface area contributed by atoms with E-state index < -0.39 is 29.3 Å². The Morgan fingerprint density at radius 1 is 0.820 bits per heavy atom. The van der Waals surface area contributed by atoms with Gasteiger partial charge in [0.05, 0.1) is 29.4 Å². The van der Waals surface area contributed by atoms with E-state index in [4.69, 9.17) is 9.97 Å². The number of rotatable bonds is 7. The van der Waals surface area contributed by atoms with Gasteiger partial charge in [0.1, 0.15) is 29.1 Å². The van der Waals surface area contributed by atoms with Gasteiger partial charge in [0, 0.05) is 69.1 Å². The zero-order valence-electron chi connectivity index (χ0n) is 27.2. The van der Waals surface area contributed by atoms with Crippen molar-refractivity contribution in [3.05, 3.63) is 107 Å². The van der Waals surface area contributed by atoms with Crippen LogP contribution in [0, 0.1) is 17.5 Å². The molecule has 0 bridgehead atoms. The quantitative estimate of drug-likeness (QED) is 0.229. The maximum atomic E-state index is 15.1. The summed E-state index contributed by atoms with van der Waals surface area (Å²) in [6, 6.07) is 16.3. The van der Waals surface area contributed by atoms with Gasteiger partial charge in [0.25, 0.3) is 0 Å². The van der Waals surface area contributed by atoms with E-state index in [-0.39, 0.29) is 18.4 Å². The number of imide groups is 1. The van der Waals surface area contributed by atoms with Crippen LogP contribution in [-0.2, 0) is 16.1 Å². The van der Waals surface area contributed by atoms with Gasteiger partial charge >= 0.3 is 0 Å². The molecule has 1 N–H and O–H groups in total. The molecule has 3 aromatic heterocycles. The molecule has 0 spiro atoms. The first kappa shape index (κ1) is 31.9. The van der Waals surface area contributed by atoms with Crippen LogP contribution in [0.3, 0.4) is 0 Å². The predicted octanol–water partition coefficient (Wildman–Crippen LogP) is 5.39. The third kappa shape index (κ3) is 6.17. The highest BCUT2D eigenvalue weighted by Crippen LogP contribution is 2.37. The van der Waals surface area contributed by atoms with Crippen LogP contribution in [0.25, 0.3) is 16.9 Å². The number of hydrogen-bond acceptors (Lipinski definition) is 8. The van der Waals surface area contributed by atoms with E-state index in [1.54, 1.807) is 16.8 Å². The third-order valence-corrected chi connectivity index (χ3v) is 10.0. The number of aromatic nitrogens is 4. The van der Waals surface area contributed by atoms with Gasteiger partial charge in [-0.15, -0.1) is 0 Å². The summed E-state index contributed by atoms with van der Waals surface area (Å²) < 4.78 is 45.1. The molecule has 0 saturated carbocycles. The molecule has 3 aliphatic heterocycles. The highest BCUT2D eigenvalue weighted by Gasteiger charge is 2.31. The number of piperazine rings is 1. The zero-order valence-corrected chi connectivity index (χ0v) is 27.2. The van der Waals surface area contributed by atoms with Crippen molar-refractivity contribution in [2.75, 3.05) is 42.5 Å². The highest BCUT2D eigenvalue weighted by molar-refractivity contribution is 6.00. The van der Waals surface area contributed by atoms with Gasteiger partial charge in [-0.2, -0.15) is 5.10 Å². The highest BCUT2D eigenvalue weighted by atomic mass is 19.1. The van der Waals surface area contributed by atoms with Crippen molar-refractivity contribution in [2.24, 2.45) is 0 Å². The summed E-state index contributed by atoms with van der Waals surface area (Å²) in [4.78, 5) is 40.3. The molecule has 1 unspecified atom stereocenters. The van der Waals surface area contributed by atoms with E-state index in [0.717, 1.165) is 67.7 Å². The molecule has 0 aliphatic carbocycles. The smallest absolute Gasteiger partial charge is 0.234 e. The van der Waals surface area contributed by atoms with E-state index in [0.29, 0.717) is 42.1 Å². The number of nitrogens with zero attached hydrogens (tertiary/aromatic N) is 7. The summed E-state index contributed by atoms with van der Waals surface area (Å²) in [5.74, 6) is -1.45. The van der Waals surface area contributed by atoms with Gasteiger partial charge in [-0.05, 0) is 55.2 Å². The van der Waals surface area contributed by atoms with Crippen molar-refractivity contribution in [1.82, 2.24) is 29.8 Å². The van der Waals surface area contributed by atoms with Crippen LogP contribution >= 0.6 is 0 Å². The van der Waals surface area contributed by atoms with Gasteiger partial charge in [-0.3, -0.25) is 19.8 Å². The lowest BCUT2D eigenvalue weighted by molar-refractivity contribution is -0.134. The Bertz CT molecular complexity index is 2100. The zero-order chi connectivity index (χ0) is 34.4. The first-order chi connectivity index (χ1) is 24.3. The number of hydrogen-bond donors (Lipinski definition) is 1. The Hall–Kier alpha value is -5.30. The molecule has 2 aromatic carbocycles. The Kier molecular flexibility index (Phi) is 8.43. The number of halogens is 3. The number of fused-ring (bicyclic) bond motifs is 1. The topological polar surface area (TPSA) is 99.0 Å². The molecule has 6 heterocycles. The van der Waals surface area contributed by atoms with E-state index >= 15 is 4.39 Å². The molecular formula is C37H35F3N8O2.